The number of nitrogens with zero attached hydrogens (tertiary/aromatic N) is 3. The molecule has 1 N–H and O–H groups in total. The molecule has 0 fully saturated rings. The predicted octanol–water partition coefficient (Wildman–Crippen LogP) is 2.53. The summed E-state index contributed by atoms with van der Waals surface area (Å²) in [5.41, 5.74) is 2.89. The molecule has 2 heterocycles. The molecule has 3 aromatic rings. The smallest absolute Gasteiger partial charge is 0.259 e. The average Bonchev–Trinajstić information content (AvgIpc) is 2.79. The van der Waals surface area contributed by atoms with Gasteiger partial charge in [0, 0.05) is 24.3 Å². The van der Waals surface area contributed by atoms with Crippen LogP contribution in [0.4, 0.5) is 5.69 Å². The van der Waals surface area contributed by atoms with Crippen molar-refractivity contribution in [2.24, 2.45) is 7.05 Å². The van der Waals surface area contributed by atoms with Gasteiger partial charge in [0.15, 0.2) is 0 Å². The van der Waals surface area contributed by atoms with E-state index in [0.717, 1.165) is 16.6 Å². The fourth-order valence-electron chi connectivity index (χ4n) is 2.12. The molecule has 0 unspecified atom stereocenters. The SMILES string of the molecule is Cc1c(C(=O)Nc2cccc3cccnc23)cnn1C. The largest absolute Gasteiger partial charge is 0.320 e. The number of aryl methyl sites for hydroxylation is 1. The Morgan fingerprint density at radius 3 is 2.80 bits per heavy atom. The molecule has 0 saturated carbocycles. The molecule has 0 saturated heterocycles. The number of benzene rings is 1. The molecule has 0 aliphatic heterocycles. The standard InChI is InChI=1S/C15H14N4O/c1-10-12(9-17-19(10)2)15(20)18-13-7-3-5-11-6-4-8-16-14(11)13/h3-9H,1-2H3,(H,18,20). The van der Waals surface area contributed by atoms with E-state index >= 15 is 0 Å². The Hall–Kier alpha value is -2.69. The van der Waals surface area contributed by atoms with Crippen LogP contribution in [-0.4, -0.2) is 20.7 Å². The summed E-state index contributed by atoms with van der Waals surface area (Å²) < 4.78 is 1.68. The lowest BCUT2D eigenvalue weighted by molar-refractivity contribution is 0.102. The van der Waals surface area contributed by atoms with Crippen LogP contribution in [0.25, 0.3) is 10.9 Å². The van der Waals surface area contributed by atoms with E-state index in [-0.39, 0.29) is 5.91 Å². The molecule has 0 aliphatic carbocycles. The van der Waals surface area contributed by atoms with E-state index in [0.29, 0.717) is 11.3 Å². The van der Waals surface area contributed by atoms with E-state index in [2.05, 4.69) is 15.4 Å². The van der Waals surface area contributed by atoms with Crippen LogP contribution >= 0.6 is 0 Å². The average molecular weight is 266 g/mol. The number of aromatic nitrogens is 3. The first-order valence-electron chi connectivity index (χ1n) is 6.30. The lowest BCUT2D eigenvalue weighted by Gasteiger charge is -2.07. The molecule has 100 valence electrons. The maximum Gasteiger partial charge on any atom is 0.259 e. The van der Waals surface area contributed by atoms with Gasteiger partial charge in [-0.05, 0) is 19.1 Å². The van der Waals surface area contributed by atoms with Crippen LogP contribution in [0.15, 0.2) is 42.7 Å². The number of fused-ring (bicyclic) bond motifs is 1. The normalized spacial score (nSPS) is 10.7. The first-order valence-corrected chi connectivity index (χ1v) is 6.30. The molecular weight excluding hydrogens is 252 g/mol. The van der Waals surface area contributed by atoms with Gasteiger partial charge in [-0.3, -0.25) is 14.5 Å². The van der Waals surface area contributed by atoms with Crippen LogP contribution < -0.4 is 5.32 Å². The minimum Gasteiger partial charge on any atom is -0.320 e. The summed E-state index contributed by atoms with van der Waals surface area (Å²) in [6.45, 7) is 1.86. The fourth-order valence-corrected chi connectivity index (χ4v) is 2.12. The Morgan fingerprint density at radius 2 is 2.05 bits per heavy atom. The van der Waals surface area contributed by atoms with Crippen molar-refractivity contribution < 1.29 is 4.79 Å². The molecule has 0 bridgehead atoms. The van der Waals surface area contributed by atoms with Crippen molar-refractivity contribution in [1.82, 2.24) is 14.8 Å². The highest BCUT2D eigenvalue weighted by Gasteiger charge is 2.14. The van der Waals surface area contributed by atoms with E-state index in [4.69, 9.17) is 0 Å². The molecule has 20 heavy (non-hydrogen) atoms. The molecular formula is C15H14N4O. The van der Waals surface area contributed by atoms with Gasteiger partial charge >= 0.3 is 0 Å². The molecule has 3 rings (SSSR count). The Morgan fingerprint density at radius 1 is 1.25 bits per heavy atom. The third-order valence-electron chi connectivity index (χ3n) is 3.36. The maximum absolute atomic E-state index is 12.3. The van der Waals surface area contributed by atoms with E-state index in [1.54, 1.807) is 17.1 Å². The van der Waals surface area contributed by atoms with Crippen LogP contribution in [0.1, 0.15) is 16.1 Å². The van der Waals surface area contributed by atoms with Gasteiger partial charge in [-0.1, -0.05) is 18.2 Å². The number of para-hydroxylation sites is 1. The van der Waals surface area contributed by atoms with Crippen LogP contribution in [0, 0.1) is 6.92 Å². The fraction of sp³-hybridized carbons (Fsp3) is 0.133. The van der Waals surface area contributed by atoms with E-state index in [9.17, 15) is 4.79 Å². The molecule has 1 amide bonds. The maximum atomic E-state index is 12.3. The summed E-state index contributed by atoms with van der Waals surface area (Å²) in [4.78, 5) is 16.6. The molecule has 0 radical (unpaired) electrons. The zero-order valence-corrected chi connectivity index (χ0v) is 11.3. The number of pyridine rings is 1. The van der Waals surface area contributed by atoms with Gasteiger partial charge in [0.2, 0.25) is 0 Å². The molecule has 5 nitrogen and oxygen atoms in total. The first-order chi connectivity index (χ1) is 9.66. The Labute approximate surface area is 116 Å². The number of hydrogen-bond donors (Lipinski definition) is 1. The number of nitrogens with one attached hydrogen (secondary N) is 1. The van der Waals surface area contributed by atoms with Crippen LogP contribution in [0.2, 0.25) is 0 Å². The van der Waals surface area contributed by atoms with Gasteiger partial charge in [-0.25, -0.2) is 0 Å². The van der Waals surface area contributed by atoms with Crippen molar-refractivity contribution in [3.63, 3.8) is 0 Å². The minimum atomic E-state index is -0.172. The van der Waals surface area contributed by atoms with Crippen LogP contribution in [-0.2, 0) is 7.05 Å². The number of carbonyl (C=O) groups excluding carboxylic acids is 1. The predicted molar refractivity (Wildman–Crippen MR) is 77.6 cm³/mol. The van der Waals surface area contributed by atoms with Gasteiger partial charge in [0.25, 0.3) is 5.91 Å². The second kappa shape index (κ2) is 4.77. The Bertz CT molecular complexity index is 786. The lowest BCUT2D eigenvalue weighted by atomic mass is 10.2. The number of amides is 1. The number of rotatable bonds is 2. The Balaban J connectivity index is 1.97. The molecule has 0 spiro atoms. The lowest BCUT2D eigenvalue weighted by Crippen LogP contribution is -2.13. The van der Waals surface area contributed by atoms with E-state index < -0.39 is 0 Å². The Kier molecular flexibility index (Phi) is 2.95. The zero-order chi connectivity index (χ0) is 14.1. The second-order valence-corrected chi connectivity index (χ2v) is 4.60. The van der Waals surface area contributed by atoms with Gasteiger partial charge in [-0.2, -0.15) is 5.10 Å². The van der Waals surface area contributed by atoms with Gasteiger partial charge in [0.05, 0.1) is 23.0 Å². The second-order valence-electron chi connectivity index (χ2n) is 4.60. The highest BCUT2D eigenvalue weighted by molar-refractivity contribution is 6.08. The molecule has 2 aromatic heterocycles. The van der Waals surface area contributed by atoms with Crippen molar-refractivity contribution in [2.45, 2.75) is 6.92 Å². The van der Waals surface area contributed by atoms with Gasteiger partial charge in [0.1, 0.15) is 0 Å². The third-order valence-corrected chi connectivity index (χ3v) is 3.36. The van der Waals surface area contributed by atoms with Crippen molar-refractivity contribution in [1.29, 1.82) is 0 Å². The zero-order valence-electron chi connectivity index (χ0n) is 11.3. The summed E-state index contributed by atoms with van der Waals surface area (Å²) in [5.74, 6) is -0.172. The van der Waals surface area contributed by atoms with Crippen molar-refractivity contribution in [2.75, 3.05) is 5.32 Å². The van der Waals surface area contributed by atoms with Crippen molar-refractivity contribution >= 4 is 22.5 Å². The highest BCUT2D eigenvalue weighted by atomic mass is 16.1. The minimum absolute atomic E-state index is 0.172. The summed E-state index contributed by atoms with van der Waals surface area (Å²) in [5, 5.41) is 7.98. The molecule has 0 atom stereocenters. The summed E-state index contributed by atoms with van der Waals surface area (Å²) in [7, 11) is 1.81. The van der Waals surface area contributed by atoms with Crippen molar-refractivity contribution in [3.05, 3.63) is 54.0 Å². The highest BCUT2D eigenvalue weighted by Crippen LogP contribution is 2.21. The quantitative estimate of drug-likeness (QED) is 0.775. The van der Waals surface area contributed by atoms with Crippen LogP contribution in [0.3, 0.4) is 0 Å². The number of anilines is 1. The monoisotopic (exact) mass is 266 g/mol. The molecule has 1 aromatic carbocycles. The van der Waals surface area contributed by atoms with E-state index in [1.807, 2.05) is 44.3 Å². The number of hydrogen-bond acceptors (Lipinski definition) is 3. The summed E-state index contributed by atoms with van der Waals surface area (Å²) in [6, 6.07) is 9.55. The van der Waals surface area contributed by atoms with Gasteiger partial charge < -0.3 is 5.32 Å². The first kappa shape index (κ1) is 12.3. The third kappa shape index (κ3) is 2.03. The summed E-state index contributed by atoms with van der Waals surface area (Å²) >= 11 is 0. The van der Waals surface area contributed by atoms with Gasteiger partial charge in [-0.15, -0.1) is 0 Å². The molecule has 0 aliphatic rings. The number of carbonyl (C=O) groups is 1. The van der Waals surface area contributed by atoms with E-state index in [1.165, 1.54) is 0 Å². The molecule has 5 heteroatoms. The topological polar surface area (TPSA) is 59.8 Å². The van der Waals surface area contributed by atoms with Crippen molar-refractivity contribution in [3.8, 4) is 0 Å². The van der Waals surface area contributed by atoms with Crippen LogP contribution in [0.5, 0.6) is 0 Å². The summed E-state index contributed by atoms with van der Waals surface area (Å²) in [6.07, 6.45) is 3.29.